The standard InChI is InChI=1S/C25H23N7O7/c1-2-37-18-12-15(11-17(32(34)35)22(18)38-25(33)31-7-9-36-10-8-31)19-16(13-26)23(27)39-24-20(19)21(29-30-24)14-3-5-28-6-4-14/h3-6,11-12,19H,2,7-10,27H2,1H3,(H,29,30)/t19-/m0/s1. The van der Waals surface area contributed by atoms with Gasteiger partial charge in [0.05, 0.1) is 41.9 Å². The maximum absolute atomic E-state index is 12.8. The van der Waals surface area contributed by atoms with Gasteiger partial charge < -0.3 is 29.6 Å². The molecular formula is C25H23N7O7. The van der Waals surface area contributed by atoms with Gasteiger partial charge in [-0.25, -0.2) is 4.79 Å². The lowest BCUT2D eigenvalue weighted by Crippen LogP contribution is -2.42. The lowest BCUT2D eigenvalue weighted by atomic mass is 9.82. The fourth-order valence-electron chi connectivity index (χ4n) is 4.49. The number of nitro benzene ring substituents is 1. The molecule has 0 saturated carbocycles. The third-order valence-corrected chi connectivity index (χ3v) is 6.25. The van der Waals surface area contributed by atoms with E-state index in [1.54, 1.807) is 31.5 Å². The van der Waals surface area contributed by atoms with E-state index >= 15 is 0 Å². The van der Waals surface area contributed by atoms with E-state index in [9.17, 15) is 20.2 Å². The van der Waals surface area contributed by atoms with Crippen molar-refractivity contribution in [1.29, 1.82) is 5.26 Å². The van der Waals surface area contributed by atoms with Gasteiger partial charge in [0.1, 0.15) is 11.6 Å². The van der Waals surface area contributed by atoms with Crippen LogP contribution in [0.3, 0.4) is 0 Å². The monoisotopic (exact) mass is 533 g/mol. The molecule has 2 aliphatic heterocycles. The maximum Gasteiger partial charge on any atom is 0.415 e. The number of carbonyl (C=O) groups excluding carboxylic acids is 1. The van der Waals surface area contributed by atoms with Crippen LogP contribution in [-0.4, -0.2) is 64.0 Å². The van der Waals surface area contributed by atoms with Crippen molar-refractivity contribution in [2.45, 2.75) is 12.8 Å². The van der Waals surface area contributed by atoms with Crippen LogP contribution >= 0.6 is 0 Å². The predicted molar refractivity (Wildman–Crippen MR) is 134 cm³/mol. The Balaban J connectivity index is 1.66. The lowest BCUT2D eigenvalue weighted by Gasteiger charge is -2.27. The Kier molecular flexibility index (Phi) is 6.98. The SMILES string of the molecule is CCOc1cc([C@H]2C(C#N)=C(N)Oc3n[nH]c(-c4ccncc4)c32)cc([N+](=O)[O-])c1OC(=O)N1CCOCC1. The Bertz CT molecular complexity index is 1490. The summed E-state index contributed by atoms with van der Waals surface area (Å²) in [6.45, 7) is 3.04. The van der Waals surface area contributed by atoms with E-state index in [0.29, 0.717) is 30.0 Å². The Morgan fingerprint density at radius 2 is 2.08 bits per heavy atom. The minimum atomic E-state index is -0.914. The molecule has 5 rings (SSSR count). The first-order valence-electron chi connectivity index (χ1n) is 12.0. The molecule has 1 amide bonds. The molecule has 4 heterocycles. The fraction of sp³-hybridized carbons (Fsp3) is 0.280. The molecule has 1 aromatic carbocycles. The first kappa shape index (κ1) is 25.5. The molecule has 1 atom stereocenters. The lowest BCUT2D eigenvalue weighted by molar-refractivity contribution is -0.385. The topological polar surface area (TPSA) is 192 Å². The quantitative estimate of drug-likeness (QED) is 0.350. The Hall–Kier alpha value is -5.16. The van der Waals surface area contributed by atoms with E-state index < -0.39 is 22.6 Å². The summed E-state index contributed by atoms with van der Waals surface area (Å²) in [5.41, 5.74) is 7.52. The number of ether oxygens (including phenoxy) is 4. The number of amides is 1. The zero-order chi connectivity index (χ0) is 27.5. The number of benzene rings is 1. The van der Waals surface area contributed by atoms with Crippen molar-refractivity contribution in [3.8, 4) is 34.7 Å². The molecule has 3 aromatic rings. The Morgan fingerprint density at radius 1 is 1.33 bits per heavy atom. The number of nitrogens with zero attached hydrogens (tertiary/aromatic N) is 5. The zero-order valence-corrected chi connectivity index (χ0v) is 20.7. The number of allylic oxidation sites excluding steroid dienone is 1. The van der Waals surface area contributed by atoms with E-state index in [2.05, 4.69) is 21.3 Å². The van der Waals surface area contributed by atoms with Crippen LogP contribution in [0, 0.1) is 21.4 Å². The number of fused-ring (bicyclic) bond motifs is 1. The number of hydrogen-bond donors (Lipinski definition) is 2. The number of rotatable bonds is 6. The average molecular weight is 534 g/mol. The second-order valence-corrected chi connectivity index (χ2v) is 8.50. The number of aromatic nitrogens is 3. The van der Waals surface area contributed by atoms with Crippen molar-refractivity contribution < 1.29 is 28.7 Å². The zero-order valence-electron chi connectivity index (χ0n) is 20.7. The molecule has 200 valence electrons. The molecule has 39 heavy (non-hydrogen) atoms. The molecule has 0 bridgehead atoms. The summed E-state index contributed by atoms with van der Waals surface area (Å²) in [4.78, 5) is 29.8. The van der Waals surface area contributed by atoms with E-state index in [0.717, 1.165) is 0 Å². The highest BCUT2D eigenvalue weighted by molar-refractivity contribution is 5.76. The molecule has 0 unspecified atom stereocenters. The summed E-state index contributed by atoms with van der Waals surface area (Å²) < 4.78 is 22.1. The number of H-pyrrole nitrogens is 1. The largest absolute Gasteiger partial charge is 0.490 e. The smallest absolute Gasteiger partial charge is 0.415 e. The number of nitrogens with two attached hydrogens (primary N) is 1. The number of carbonyl (C=O) groups is 1. The van der Waals surface area contributed by atoms with Gasteiger partial charge in [-0.05, 0) is 30.7 Å². The van der Waals surface area contributed by atoms with Crippen molar-refractivity contribution in [3.63, 3.8) is 0 Å². The van der Waals surface area contributed by atoms with Crippen LogP contribution < -0.4 is 19.9 Å². The van der Waals surface area contributed by atoms with Gasteiger partial charge in [-0.3, -0.25) is 20.2 Å². The number of pyridine rings is 1. The van der Waals surface area contributed by atoms with Crippen LogP contribution in [0.1, 0.15) is 24.0 Å². The van der Waals surface area contributed by atoms with E-state index in [1.807, 2.05) is 0 Å². The molecule has 1 saturated heterocycles. The highest BCUT2D eigenvalue weighted by Crippen LogP contribution is 2.49. The molecule has 3 N–H and O–H groups in total. The van der Waals surface area contributed by atoms with Gasteiger partial charge in [0.25, 0.3) is 5.75 Å². The maximum atomic E-state index is 12.8. The second kappa shape index (κ2) is 10.7. The van der Waals surface area contributed by atoms with Crippen LogP contribution in [0.5, 0.6) is 17.4 Å². The van der Waals surface area contributed by atoms with E-state index in [-0.39, 0.29) is 54.1 Å². The third-order valence-electron chi connectivity index (χ3n) is 6.25. The minimum Gasteiger partial charge on any atom is -0.490 e. The number of nitriles is 1. The minimum absolute atomic E-state index is 0.0222. The highest BCUT2D eigenvalue weighted by atomic mass is 16.6. The summed E-state index contributed by atoms with van der Waals surface area (Å²) in [5, 5.41) is 29.4. The number of hydrogen-bond acceptors (Lipinski definition) is 11. The molecule has 0 spiro atoms. The molecule has 14 heteroatoms. The number of nitrogens with one attached hydrogen (secondary N) is 1. The highest BCUT2D eigenvalue weighted by Gasteiger charge is 2.38. The Morgan fingerprint density at radius 3 is 2.74 bits per heavy atom. The fourth-order valence-corrected chi connectivity index (χ4v) is 4.49. The molecule has 0 aliphatic carbocycles. The second-order valence-electron chi connectivity index (χ2n) is 8.50. The molecular weight excluding hydrogens is 510 g/mol. The van der Waals surface area contributed by atoms with Gasteiger partial charge >= 0.3 is 11.8 Å². The molecule has 14 nitrogen and oxygen atoms in total. The van der Waals surface area contributed by atoms with Crippen molar-refractivity contribution in [2.75, 3.05) is 32.9 Å². The summed E-state index contributed by atoms with van der Waals surface area (Å²) in [6, 6.07) is 8.26. The molecule has 0 radical (unpaired) electrons. The third kappa shape index (κ3) is 4.78. The molecule has 2 aromatic heterocycles. The van der Waals surface area contributed by atoms with E-state index in [1.165, 1.54) is 17.0 Å². The molecule has 2 aliphatic rings. The summed E-state index contributed by atoms with van der Waals surface area (Å²) in [6.07, 6.45) is 2.42. The van der Waals surface area contributed by atoms with Crippen LogP contribution in [0.25, 0.3) is 11.3 Å². The van der Waals surface area contributed by atoms with Gasteiger partial charge in [0.15, 0.2) is 5.75 Å². The van der Waals surface area contributed by atoms with E-state index in [4.69, 9.17) is 24.7 Å². The normalized spacial score (nSPS) is 16.6. The summed E-state index contributed by atoms with van der Waals surface area (Å²) in [7, 11) is 0. The van der Waals surface area contributed by atoms with Gasteiger partial charge in [0, 0.05) is 37.1 Å². The van der Waals surface area contributed by atoms with Gasteiger partial charge in [-0.1, -0.05) is 0 Å². The van der Waals surface area contributed by atoms with Crippen LogP contribution in [0.4, 0.5) is 10.5 Å². The van der Waals surface area contributed by atoms with Crippen LogP contribution in [0.2, 0.25) is 0 Å². The Labute approximate surface area is 221 Å². The number of aromatic amines is 1. The number of nitro groups is 1. The van der Waals surface area contributed by atoms with Crippen molar-refractivity contribution in [2.24, 2.45) is 5.73 Å². The van der Waals surface area contributed by atoms with Gasteiger partial charge in [-0.2, -0.15) is 5.26 Å². The van der Waals surface area contributed by atoms with Crippen LogP contribution in [-0.2, 0) is 4.74 Å². The van der Waals surface area contributed by atoms with Crippen LogP contribution in [0.15, 0.2) is 48.1 Å². The van der Waals surface area contributed by atoms with Crippen molar-refractivity contribution in [3.05, 3.63) is 69.4 Å². The predicted octanol–water partition coefficient (Wildman–Crippen LogP) is 2.83. The van der Waals surface area contributed by atoms with Crippen molar-refractivity contribution >= 4 is 11.8 Å². The average Bonchev–Trinajstić information content (AvgIpc) is 3.37. The first-order chi connectivity index (χ1) is 18.9. The number of morpholine rings is 1. The molecule has 1 fully saturated rings. The van der Waals surface area contributed by atoms with Crippen molar-refractivity contribution in [1.82, 2.24) is 20.1 Å². The van der Waals surface area contributed by atoms with Gasteiger partial charge in [0.2, 0.25) is 11.8 Å². The van der Waals surface area contributed by atoms with Gasteiger partial charge in [-0.15, -0.1) is 5.10 Å². The summed E-state index contributed by atoms with van der Waals surface area (Å²) in [5.74, 6) is -1.37. The summed E-state index contributed by atoms with van der Waals surface area (Å²) >= 11 is 0. The first-order valence-corrected chi connectivity index (χ1v) is 12.0.